The minimum atomic E-state index is -0.469. The zero-order valence-corrected chi connectivity index (χ0v) is 13.5. The van der Waals surface area contributed by atoms with Crippen molar-refractivity contribution in [1.29, 1.82) is 0 Å². The van der Waals surface area contributed by atoms with E-state index < -0.39 is 6.04 Å². The number of halogens is 1. The average Bonchev–Trinajstić information content (AvgIpc) is 2.94. The van der Waals surface area contributed by atoms with Crippen molar-refractivity contribution in [2.45, 2.75) is 25.8 Å². The molecule has 1 atom stereocenters. The molecule has 0 aliphatic carbocycles. The first-order valence-corrected chi connectivity index (χ1v) is 7.75. The number of ether oxygens (including phenoxy) is 2. The molecule has 1 amide bonds. The van der Waals surface area contributed by atoms with Gasteiger partial charge >= 0.3 is 5.97 Å². The Morgan fingerprint density at radius 1 is 1.43 bits per heavy atom. The molecule has 0 aromatic heterocycles. The highest BCUT2D eigenvalue weighted by atomic mass is 79.9. The first-order chi connectivity index (χ1) is 10.1. The third-order valence-electron chi connectivity index (χ3n) is 3.29. The molecule has 1 heterocycles. The third kappa shape index (κ3) is 4.20. The Balaban J connectivity index is 1.91. The molecular formula is C15H18BrNO4. The topological polar surface area (TPSA) is 55.8 Å². The highest BCUT2D eigenvalue weighted by molar-refractivity contribution is 9.10. The summed E-state index contributed by atoms with van der Waals surface area (Å²) in [6.07, 6.45) is 1.47. The van der Waals surface area contributed by atoms with Crippen LogP contribution >= 0.6 is 15.9 Å². The molecule has 1 aliphatic heterocycles. The van der Waals surface area contributed by atoms with Crippen LogP contribution in [0.3, 0.4) is 0 Å². The molecular weight excluding hydrogens is 338 g/mol. The van der Waals surface area contributed by atoms with Gasteiger partial charge in [-0.2, -0.15) is 0 Å². The van der Waals surface area contributed by atoms with E-state index >= 15 is 0 Å². The number of amides is 1. The summed E-state index contributed by atoms with van der Waals surface area (Å²) in [5.41, 5.74) is 0. The number of likely N-dealkylation sites (tertiary alicyclic amines) is 1. The SMILES string of the molecule is CCOC(=O)C1CCCN1C(=O)COc1cccc(Br)c1. The van der Waals surface area contributed by atoms with Gasteiger partial charge in [-0.25, -0.2) is 4.79 Å². The van der Waals surface area contributed by atoms with E-state index in [1.807, 2.05) is 12.1 Å². The number of hydrogen-bond donors (Lipinski definition) is 0. The van der Waals surface area contributed by atoms with Crippen molar-refractivity contribution < 1.29 is 19.1 Å². The summed E-state index contributed by atoms with van der Waals surface area (Å²) >= 11 is 3.34. The van der Waals surface area contributed by atoms with Gasteiger partial charge in [0.15, 0.2) is 6.61 Å². The number of hydrogen-bond acceptors (Lipinski definition) is 4. The summed E-state index contributed by atoms with van der Waals surface area (Å²) in [6.45, 7) is 2.58. The lowest BCUT2D eigenvalue weighted by Gasteiger charge is -2.23. The van der Waals surface area contributed by atoms with Gasteiger partial charge in [-0.15, -0.1) is 0 Å². The van der Waals surface area contributed by atoms with Crippen molar-refractivity contribution in [3.05, 3.63) is 28.7 Å². The fourth-order valence-electron chi connectivity index (χ4n) is 2.33. The van der Waals surface area contributed by atoms with Gasteiger partial charge in [-0.3, -0.25) is 4.79 Å². The van der Waals surface area contributed by atoms with Crippen LogP contribution < -0.4 is 4.74 Å². The van der Waals surface area contributed by atoms with E-state index in [-0.39, 0.29) is 18.5 Å². The van der Waals surface area contributed by atoms with Crippen LogP contribution in [0.25, 0.3) is 0 Å². The van der Waals surface area contributed by atoms with Crippen molar-refractivity contribution in [3.63, 3.8) is 0 Å². The van der Waals surface area contributed by atoms with E-state index in [4.69, 9.17) is 9.47 Å². The molecule has 1 unspecified atom stereocenters. The van der Waals surface area contributed by atoms with Crippen molar-refractivity contribution in [1.82, 2.24) is 4.90 Å². The molecule has 1 aromatic rings. The lowest BCUT2D eigenvalue weighted by Crippen LogP contribution is -2.43. The van der Waals surface area contributed by atoms with Crippen molar-refractivity contribution in [3.8, 4) is 5.75 Å². The number of carbonyl (C=O) groups excluding carboxylic acids is 2. The van der Waals surface area contributed by atoms with Gasteiger partial charge in [-0.1, -0.05) is 22.0 Å². The molecule has 1 aliphatic rings. The van der Waals surface area contributed by atoms with Gasteiger partial charge < -0.3 is 14.4 Å². The van der Waals surface area contributed by atoms with Gasteiger partial charge in [0.1, 0.15) is 11.8 Å². The van der Waals surface area contributed by atoms with Crippen molar-refractivity contribution in [2.75, 3.05) is 19.8 Å². The van der Waals surface area contributed by atoms with E-state index in [0.717, 1.165) is 10.9 Å². The fraction of sp³-hybridized carbons (Fsp3) is 0.467. The Bertz CT molecular complexity index is 520. The normalized spacial score (nSPS) is 17.6. The molecule has 1 fully saturated rings. The Labute approximate surface area is 132 Å². The smallest absolute Gasteiger partial charge is 0.328 e. The molecule has 21 heavy (non-hydrogen) atoms. The first kappa shape index (κ1) is 15.8. The molecule has 0 bridgehead atoms. The molecule has 5 nitrogen and oxygen atoms in total. The predicted molar refractivity (Wildman–Crippen MR) is 81.0 cm³/mol. The minimum Gasteiger partial charge on any atom is -0.484 e. The van der Waals surface area contributed by atoms with Crippen LogP contribution in [0.15, 0.2) is 28.7 Å². The second-order valence-electron chi connectivity index (χ2n) is 4.74. The Morgan fingerprint density at radius 2 is 2.24 bits per heavy atom. The van der Waals surface area contributed by atoms with E-state index in [1.54, 1.807) is 24.0 Å². The number of carbonyl (C=O) groups is 2. The van der Waals surface area contributed by atoms with Gasteiger partial charge in [0.05, 0.1) is 6.61 Å². The van der Waals surface area contributed by atoms with E-state index in [1.165, 1.54) is 0 Å². The highest BCUT2D eigenvalue weighted by Crippen LogP contribution is 2.20. The van der Waals surface area contributed by atoms with E-state index in [0.29, 0.717) is 25.3 Å². The fourth-order valence-corrected chi connectivity index (χ4v) is 2.71. The van der Waals surface area contributed by atoms with Crippen LogP contribution in [0.5, 0.6) is 5.75 Å². The molecule has 114 valence electrons. The zero-order valence-electron chi connectivity index (χ0n) is 11.9. The van der Waals surface area contributed by atoms with Gasteiger partial charge in [-0.05, 0) is 38.0 Å². The number of esters is 1. The quantitative estimate of drug-likeness (QED) is 0.761. The number of nitrogens with zero attached hydrogens (tertiary/aromatic N) is 1. The standard InChI is InChI=1S/C15H18BrNO4/c1-2-20-15(19)13-7-4-8-17(13)14(18)10-21-12-6-3-5-11(16)9-12/h3,5-6,9,13H,2,4,7-8,10H2,1H3. The van der Waals surface area contributed by atoms with Crippen LogP contribution in [0, 0.1) is 0 Å². The Kier molecular flexibility index (Phi) is 5.61. The maximum absolute atomic E-state index is 12.2. The van der Waals surface area contributed by atoms with Crippen LogP contribution in [0.2, 0.25) is 0 Å². The summed E-state index contributed by atoms with van der Waals surface area (Å²) in [6, 6.07) is 6.82. The molecule has 1 aromatic carbocycles. The summed E-state index contributed by atoms with van der Waals surface area (Å²) in [4.78, 5) is 25.6. The predicted octanol–water partition coefficient (Wildman–Crippen LogP) is 2.38. The van der Waals surface area contributed by atoms with E-state index in [2.05, 4.69) is 15.9 Å². The Hall–Kier alpha value is -1.56. The van der Waals surface area contributed by atoms with Crippen molar-refractivity contribution >= 4 is 27.8 Å². The molecule has 6 heteroatoms. The maximum Gasteiger partial charge on any atom is 0.328 e. The first-order valence-electron chi connectivity index (χ1n) is 6.96. The van der Waals surface area contributed by atoms with Crippen LogP contribution in [0.1, 0.15) is 19.8 Å². The van der Waals surface area contributed by atoms with Gasteiger partial charge in [0, 0.05) is 11.0 Å². The second kappa shape index (κ2) is 7.45. The third-order valence-corrected chi connectivity index (χ3v) is 3.78. The molecule has 0 saturated carbocycles. The van der Waals surface area contributed by atoms with Gasteiger partial charge in [0.2, 0.25) is 0 Å². The summed E-state index contributed by atoms with van der Waals surface area (Å²) in [5.74, 6) is 0.0981. The van der Waals surface area contributed by atoms with Crippen LogP contribution in [0.4, 0.5) is 0 Å². The zero-order chi connectivity index (χ0) is 15.2. The molecule has 1 saturated heterocycles. The summed E-state index contributed by atoms with van der Waals surface area (Å²) in [7, 11) is 0. The van der Waals surface area contributed by atoms with Crippen LogP contribution in [-0.2, 0) is 14.3 Å². The number of benzene rings is 1. The largest absolute Gasteiger partial charge is 0.484 e. The van der Waals surface area contributed by atoms with E-state index in [9.17, 15) is 9.59 Å². The summed E-state index contributed by atoms with van der Waals surface area (Å²) in [5, 5.41) is 0. The molecule has 2 rings (SSSR count). The highest BCUT2D eigenvalue weighted by Gasteiger charge is 2.35. The minimum absolute atomic E-state index is 0.0770. The molecule has 0 radical (unpaired) electrons. The lowest BCUT2D eigenvalue weighted by molar-refractivity contribution is -0.153. The molecule has 0 N–H and O–H groups in total. The Morgan fingerprint density at radius 3 is 2.95 bits per heavy atom. The second-order valence-corrected chi connectivity index (χ2v) is 5.66. The maximum atomic E-state index is 12.2. The van der Waals surface area contributed by atoms with Crippen LogP contribution in [-0.4, -0.2) is 42.6 Å². The van der Waals surface area contributed by atoms with Gasteiger partial charge in [0.25, 0.3) is 5.91 Å². The molecule has 0 spiro atoms. The monoisotopic (exact) mass is 355 g/mol. The lowest BCUT2D eigenvalue weighted by atomic mass is 10.2. The summed E-state index contributed by atoms with van der Waals surface area (Å²) < 4.78 is 11.4. The number of rotatable bonds is 5. The van der Waals surface area contributed by atoms with Crippen molar-refractivity contribution in [2.24, 2.45) is 0 Å². The average molecular weight is 356 g/mol.